The minimum Gasteiger partial charge on any atom is -0.312 e. The fourth-order valence-electron chi connectivity index (χ4n) is 1.99. The minimum atomic E-state index is 0.540. The van der Waals surface area contributed by atoms with Crippen LogP contribution in [0.4, 0.5) is 0 Å². The molecule has 0 aliphatic heterocycles. The van der Waals surface area contributed by atoms with Gasteiger partial charge in [-0.1, -0.05) is 37.0 Å². The molecule has 20 heavy (non-hydrogen) atoms. The number of rotatable bonds is 5. The Bertz CT molecular complexity index is 591. The highest BCUT2D eigenvalue weighted by molar-refractivity contribution is 6.42. The van der Waals surface area contributed by atoms with Gasteiger partial charge in [0.2, 0.25) is 0 Å². The van der Waals surface area contributed by atoms with Crippen molar-refractivity contribution in [3.63, 3.8) is 0 Å². The number of benzene rings is 1. The lowest BCUT2D eigenvalue weighted by Gasteiger charge is -2.08. The summed E-state index contributed by atoms with van der Waals surface area (Å²) >= 11 is 12.0. The molecule has 2 aromatic rings. The molecule has 0 bridgehead atoms. The highest BCUT2D eigenvalue weighted by Gasteiger charge is 2.09. The van der Waals surface area contributed by atoms with E-state index in [0.29, 0.717) is 16.0 Å². The van der Waals surface area contributed by atoms with Crippen LogP contribution in [0.25, 0.3) is 5.69 Å². The first kappa shape index (κ1) is 15.4. The summed E-state index contributed by atoms with van der Waals surface area (Å²) in [5.41, 5.74) is 3.23. The Kier molecular flexibility index (Phi) is 5.08. The fourth-order valence-corrected chi connectivity index (χ4v) is 2.28. The van der Waals surface area contributed by atoms with Crippen LogP contribution in [0.5, 0.6) is 0 Å². The fraction of sp³-hybridized carbons (Fsp3) is 0.400. The van der Waals surface area contributed by atoms with Gasteiger partial charge in [0.15, 0.2) is 0 Å². The lowest BCUT2D eigenvalue weighted by atomic mass is 10.2. The molecule has 1 aromatic heterocycles. The van der Waals surface area contributed by atoms with E-state index in [1.54, 1.807) is 6.07 Å². The van der Waals surface area contributed by atoms with E-state index >= 15 is 0 Å². The van der Waals surface area contributed by atoms with E-state index in [1.807, 2.05) is 23.0 Å². The monoisotopic (exact) mass is 311 g/mol. The van der Waals surface area contributed by atoms with Gasteiger partial charge >= 0.3 is 0 Å². The van der Waals surface area contributed by atoms with E-state index in [4.69, 9.17) is 23.2 Å². The summed E-state index contributed by atoms with van der Waals surface area (Å²) in [6.07, 6.45) is 1.89. The number of aromatic nitrogens is 2. The molecular formula is C15H19Cl2N3. The largest absolute Gasteiger partial charge is 0.312 e. The quantitative estimate of drug-likeness (QED) is 0.895. The maximum atomic E-state index is 6.06. The van der Waals surface area contributed by atoms with Crippen LogP contribution in [0.1, 0.15) is 25.1 Å². The molecule has 1 heterocycles. The molecule has 0 amide bonds. The first-order valence-electron chi connectivity index (χ1n) is 6.68. The molecule has 0 radical (unpaired) electrons. The molecule has 0 saturated heterocycles. The van der Waals surface area contributed by atoms with Gasteiger partial charge in [-0.05, 0) is 37.6 Å². The van der Waals surface area contributed by atoms with E-state index in [2.05, 4.69) is 31.2 Å². The van der Waals surface area contributed by atoms with Gasteiger partial charge in [0, 0.05) is 17.8 Å². The van der Waals surface area contributed by atoms with Crippen LogP contribution >= 0.6 is 23.2 Å². The average molecular weight is 312 g/mol. The van der Waals surface area contributed by atoms with Crippen LogP contribution in [0.3, 0.4) is 0 Å². The summed E-state index contributed by atoms with van der Waals surface area (Å²) in [4.78, 5) is 0. The smallest absolute Gasteiger partial charge is 0.0664 e. The Labute approximate surface area is 129 Å². The number of halogens is 2. The van der Waals surface area contributed by atoms with Gasteiger partial charge in [-0.15, -0.1) is 0 Å². The van der Waals surface area contributed by atoms with E-state index < -0.39 is 0 Å². The molecule has 0 spiro atoms. The molecule has 0 aliphatic rings. The molecule has 108 valence electrons. The molecule has 3 nitrogen and oxygen atoms in total. The van der Waals surface area contributed by atoms with E-state index in [1.165, 1.54) is 5.56 Å². The van der Waals surface area contributed by atoms with Gasteiger partial charge in [-0.2, -0.15) is 5.10 Å². The van der Waals surface area contributed by atoms with Crippen molar-refractivity contribution >= 4 is 23.2 Å². The Morgan fingerprint density at radius 1 is 1.25 bits per heavy atom. The molecule has 1 aromatic carbocycles. The van der Waals surface area contributed by atoms with Crippen LogP contribution in [0.15, 0.2) is 24.4 Å². The molecule has 2 rings (SSSR count). The minimum absolute atomic E-state index is 0.540. The van der Waals surface area contributed by atoms with Crippen LogP contribution in [-0.4, -0.2) is 16.3 Å². The first-order valence-corrected chi connectivity index (χ1v) is 7.44. The molecule has 0 fully saturated rings. The van der Waals surface area contributed by atoms with Crippen molar-refractivity contribution in [2.24, 2.45) is 5.92 Å². The maximum absolute atomic E-state index is 6.06. The molecule has 5 heteroatoms. The highest BCUT2D eigenvalue weighted by Crippen LogP contribution is 2.25. The van der Waals surface area contributed by atoms with Gasteiger partial charge < -0.3 is 5.32 Å². The lowest BCUT2D eigenvalue weighted by molar-refractivity contribution is 0.551. The number of nitrogens with one attached hydrogen (secondary N) is 1. The summed E-state index contributed by atoms with van der Waals surface area (Å²) in [7, 11) is 0. The summed E-state index contributed by atoms with van der Waals surface area (Å²) in [6.45, 7) is 8.27. The molecule has 0 unspecified atom stereocenters. The number of hydrogen-bond donors (Lipinski definition) is 1. The SMILES string of the molecule is Cc1c(CNCC(C)C)cnn1-c1ccc(Cl)c(Cl)c1. The summed E-state index contributed by atoms with van der Waals surface area (Å²) in [6, 6.07) is 5.53. The Morgan fingerprint density at radius 2 is 2.00 bits per heavy atom. The standard InChI is InChI=1S/C15H19Cl2N3/c1-10(2)7-18-8-12-9-19-20(11(12)3)13-4-5-14(16)15(17)6-13/h4-6,9-10,18H,7-8H2,1-3H3. The first-order chi connectivity index (χ1) is 9.49. The molecule has 0 atom stereocenters. The zero-order valence-electron chi connectivity index (χ0n) is 12.0. The topological polar surface area (TPSA) is 29.9 Å². The van der Waals surface area contributed by atoms with E-state index in [9.17, 15) is 0 Å². The Hall–Kier alpha value is -1.03. The highest BCUT2D eigenvalue weighted by atomic mass is 35.5. The predicted molar refractivity (Wildman–Crippen MR) is 84.9 cm³/mol. The lowest BCUT2D eigenvalue weighted by Crippen LogP contribution is -2.19. The number of nitrogens with zero attached hydrogens (tertiary/aromatic N) is 2. The summed E-state index contributed by atoms with van der Waals surface area (Å²) in [5, 5.41) is 8.95. The average Bonchev–Trinajstić information content (AvgIpc) is 2.74. The van der Waals surface area contributed by atoms with E-state index in [-0.39, 0.29) is 0 Å². The summed E-state index contributed by atoms with van der Waals surface area (Å²) < 4.78 is 1.88. The third-order valence-electron chi connectivity index (χ3n) is 3.13. The van der Waals surface area contributed by atoms with Crippen molar-refractivity contribution in [3.8, 4) is 5.69 Å². The maximum Gasteiger partial charge on any atom is 0.0664 e. The van der Waals surface area contributed by atoms with Gasteiger partial charge in [0.05, 0.1) is 21.9 Å². The molecule has 0 saturated carbocycles. The zero-order valence-corrected chi connectivity index (χ0v) is 13.5. The van der Waals surface area contributed by atoms with Crippen molar-refractivity contribution < 1.29 is 0 Å². The molecular weight excluding hydrogens is 293 g/mol. The third-order valence-corrected chi connectivity index (χ3v) is 3.87. The molecule has 1 N–H and O–H groups in total. The second-order valence-electron chi connectivity index (χ2n) is 5.29. The Balaban J connectivity index is 2.17. The molecule has 0 aliphatic carbocycles. The van der Waals surface area contributed by atoms with Gasteiger partial charge in [0.25, 0.3) is 0 Å². The second-order valence-corrected chi connectivity index (χ2v) is 6.10. The zero-order chi connectivity index (χ0) is 14.7. The van der Waals surface area contributed by atoms with Crippen molar-refractivity contribution in [2.75, 3.05) is 6.54 Å². The Morgan fingerprint density at radius 3 is 2.65 bits per heavy atom. The van der Waals surface area contributed by atoms with Crippen LogP contribution in [0, 0.1) is 12.8 Å². The van der Waals surface area contributed by atoms with Gasteiger partial charge in [0.1, 0.15) is 0 Å². The normalized spacial score (nSPS) is 11.3. The van der Waals surface area contributed by atoms with Gasteiger partial charge in [-0.3, -0.25) is 0 Å². The van der Waals surface area contributed by atoms with Crippen LogP contribution in [-0.2, 0) is 6.54 Å². The third kappa shape index (κ3) is 3.54. The van der Waals surface area contributed by atoms with E-state index in [0.717, 1.165) is 24.5 Å². The van der Waals surface area contributed by atoms with Crippen molar-refractivity contribution in [1.82, 2.24) is 15.1 Å². The number of hydrogen-bond acceptors (Lipinski definition) is 2. The second kappa shape index (κ2) is 6.61. The van der Waals surface area contributed by atoms with Crippen LogP contribution < -0.4 is 5.32 Å². The van der Waals surface area contributed by atoms with Gasteiger partial charge in [-0.25, -0.2) is 4.68 Å². The predicted octanol–water partition coefficient (Wildman–Crippen LogP) is 4.23. The van der Waals surface area contributed by atoms with Crippen LogP contribution in [0.2, 0.25) is 10.0 Å². The summed E-state index contributed by atoms with van der Waals surface area (Å²) in [5.74, 6) is 0.639. The van der Waals surface area contributed by atoms with Crippen molar-refractivity contribution in [3.05, 3.63) is 45.7 Å². The van der Waals surface area contributed by atoms with Crippen molar-refractivity contribution in [1.29, 1.82) is 0 Å². The van der Waals surface area contributed by atoms with Crippen molar-refractivity contribution in [2.45, 2.75) is 27.3 Å².